The van der Waals surface area contributed by atoms with E-state index in [4.69, 9.17) is 0 Å². The molecule has 0 amide bonds. The third-order valence-corrected chi connectivity index (χ3v) is 1.96. The van der Waals surface area contributed by atoms with Crippen LogP contribution in [-0.2, 0) is 0 Å². The van der Waals surface area contributed by atoms with Crippen molar-refractivity contribution in [2.75, 3.05) is 0 Å². The van der Waals surface area contributed by atoms with Gasteiger partial charge >= 0.3 is 0 Å². The van der Waals surface area contributed by atoms with Gasteiger partial charge in [0.1, 0.15) is 0 Å². The Bertz CT molecular complexity index is 169. The molecule has 1 aromatic carbocycles. The van der Waals surface area contributed by atoms with Gasteiger partial charge in [0.15, 0.2) is 0 Å². The number of hydrogen-bond donors (Lipinski definition) is 0. The lowest BCUT2D eigenvalue weighted by Crippen LogP contribution is -1.68. The normalized spacial score (nSPS) is 9.67. The van der Waals surface area contributed by atoms with Gasteiger partial charge in [0, 0.05) is 25.6 Å². The summed E-state index contributed by atoms with van der Waals surface area (Å²) < 4.78 is 2.66. The summed E-state index contributed by atoms with van der Waals surface area (Å²) in [5.74, 6) is 0. The zero-order valence-electron chi connectivity index (χ0n) is 4.21. The summed E-state index contributed by atoms with van der Waals surface area (Å²) in [6.07, 6.45) is 0. The molecule has 3 heteroatoms. The maximum Gasteiger partial charge on any atom is 0.0356 e. The van der Waals surface area contributed by atoms with Crippen molar-refractivity contribution in [1.29, 1.82) is 0 Å². The average Bonchev–Trinajstić information content (AvgIpc) is 1.59. The molecule has 0 aromatic heterocycles. The fourth-order valence-electron chi connectivity index (χ4n) is 0.424. The molecule has 46 valence electrons. The van der Waals surface area contributed by atoms with Gasteiger partial charge < -0.3 is 0 Å². The van der Waals surface area contributed by atoms with Crippen LogP contribution in [0.25, 0.3) is 0 Å². The van der Waals surface area contributed by atoms with Crippen molar-refractivity contribution in [3.8, 4) is 0 Å². The van der Waals surface area contributed by atoms with Crippen LogP contribution < -0.4 is 0 Å². The summed E-state index contributed by atoms with van der Waals surface area (Å²) in [5.41, 5.74) is 0. The zero-order valence-corrected chi connectivity index (χ0v) is 8.97. The molecular weight excluding hydrogens is 312 g/mol. The van der Waals surface area contributed by atoms with Gasteiger partial charge in [-0.05, 0) is 22.0 Å². The Kier molecular flexibility index (Phi) is 2.73. The SMILES string of the molecule is Brc1[c]c(Br)cc(Br)[c]1. The molecule has 9 heavy (non-hydrogen) atoms. The highest BCUT2D eigenvalue weighted by Gasteiger charge is 1.93. The summed E-state index contributed by atoms with van der Waals surface area (Å²) in [7, 11) is 0. The van der Waals surface area contributed by atoms with Crippen LogP contribution in [0.5, 0.6) is 0 Å². The Morgan fingerprint density at radius 3 is 1.78 bits per heavy atom. The molecule has 0 N–H and O–H groups in total. The van der Waals surface area contributed by atoms with Crippen molar-refractivity contribution in [1.82, 2.24) is 0 Å². The smallest absolute Gasteiger partial charge is 0.0356 e. The number of rotatable bonds is 0. The third kappa shape index (κ3) is 2.40. The fourth-order valence-corrected chi connectivity index (χ4v) is 2.55. The van der Waals surface area contributed by atoms with Gasteiger partial charge in [-0.2, -0.15) is 0 Å². The first-order valence-corrected chi connectivity index (χ1v) is 4.52. The van der Waals surface area contributed by atoms with E-state index in [-0.39, 0.29) is 0 Å². The van der Waals surface area contributed by atoms with Crippen molar-refractivity contribution in [3.63, 3.8) is 0 Å². The fraction of sp³-hybridized carbons (Fsp3) is 0. The first kappa shape index (κ1) is 7.76. The Hall–Kier alpha value is 0.660. The number of hydrogen-bond acceptors (Lipinski definition) is 0. The monoisotopic (exact) mass is 310 g/mol. The second-order valence-electron chi connectivity index (χ2n) is 1.40. The summed E-state index contributed by atoms with van der Waals surface area (Å²) in [6.45, 7) is 0. The second kappa shape index (κ2) is 3.17. The molecule has 0 aliphatic rings. The second-order valence-corrected chi connectivity index (χ2v) is 3.91. The number of halogens is 3. The molecule has 0 fully saturated rings. The minimum absolute atomic E-state index is 0.823. The van der Waals surface area contributed by atoms with E-state index >= 15 is 0 Å². The molecule has 0 unspecified atom stereocenters. The van der Waals surface area contributed by atoms with Crippen molar-refractivity contribution >= 4 is 47.8 Å². The van der Waals surface area contributed by atoms with Crippen LogP contribution in [0.3, 0.4) is 0 Å². The Labute approximate surface area is 79.0 Å². The maximum absolute atomic E-state index is 3.28. The van der Waals surface area contributed by atoms with Gasteiger partial charge in [-0.15, -0.1) is 0 Å². The molecule has 0 aliphatic heterocycles. The molecule has 0 heterocycles. The summed E-state index contributed by atoms with van der Waals surface area (Å²) >= 11 is 9.80. The molecule has 0 bridgehead atoms. The van der Waals surface area contributed by atoms with Gasteiger partial charge in [0.25, 0.3) is 0 Å². The van der Waals surface area contributed by atoms with E-state index in [2.05, 4.69) is 59.9 Å². The Morgan fingerprint density at radius 1 is 1.00 bits per heavy atom. The molecular formula is C6HBr3. The topological polar surface area (TPSA) is 0 Å². The van der Waals surface area contributed by atoms with Crippen LogP contribution in [0, 0.1) is 12.1 Å². The molecule has 2 radical (unpaired) electrons. The summed E-state index contributed by atoms with van der Waals surface area (Å²) in [5, 5.41) is 0. The van der Waals surface area contributed by atoms with Crippen LogP contribution in [0.4, 0.5) is 0 Å². The summed E-state index contributed by atoms with van der Waals surface area (Å²) in [6, 6.07) is 7.80. The maximum atomic E-state index is 3.28. The van der Waals surface area contributed by atoms with E-state index in [0.717, 1.165) is 13.4 Å². The quantitative estimate of drug-likeness (QED) is 0.687. The molecule has 0 atom stereocenters. The van der Waals surface area contributed by atoms with E-state index in [9.17, 15) is 0 Å². The lowest BCUT2D eigenvalue weighted by Gasteiger charge is -1.91. The largest absolute Gasteiger partial charge is 0.0501 e. The van der Waals surface area contributed by atoms with Gasteiger partial charge in [0.05, 0.1) is 0 Å². The van der Waals surface area contributed by atoms with Gasteiger partial charge in [-0.3, -0.25) is 0 Å². The van der Waals surface area contributed by atoms with Crippen molar-refractivity contribution in [2.24, 2.45) is 0 Å². The van der Waals surface area contributed by atoms with E-state index < -0.39 is 0 Å². The summed E-state index contributed by atoms with van der Waals surface area (Å²) in [4.78, 5) is 0. The zero-order chi connectivity index (χ0) is 6.85. The molecule has 1 rings (SSSR count). The van der Waals surface area contributed by atoms with Crippen LogP contribution in [0.1, 0.15) is 0 Å². The van der Waals surface area contributed by atoms with E-state index in [0.29, 0.717) is 0 Å². The van der Waals surface area contributed by atoms with Crippen LogP contribution >= 0.6 is 47.8 Å². The van der Waals surface area contributed by atoms with Crippen molar-refractivity contribution in [2.45, 2.75) is 0 Å². The van der Waals surface area contributed by atoms with Crippen LogP contribution in [0.2, 0.25) is 0 Å². The van der Waals surface area contributed by atoms with Crippen molar-refractivity contribution in [3.05, 3.63) is 31.6 Å². The van der Waals surface area contributed by atoms with E-state index in [1.54, 1.807) is 0 Å². The Morgan fingerprint density at radius 2 is 1.44 bits per heavy atom. The molecule has 0 spiro atoms. The lowest BCUT2D eigenvalue weighted by atomic mass is 10.4. The molecule has 0 saturated carbocycles. The standard InChI is InChI=1S/C6HBr3/c7-4-1-5(8)3-6(9)2-4/h1H. The van der Waals surface area contributed by atoms with E-state index in [1.165, 1.54) is 0 Å². The van der Waals surface area contributed by atoms with Gasteiger partial charge in [0.2, 0.25) is 0 Å². The number of benzene rings is 1. The molecule has 0 nitrogen and oxygen atoms in total. The van der Waals surface area contributed by atoms with Crippen LogP contribution in [0.15, 0.2) is 19.5 Å². The highest BCUT2D eigenvalue weighted by Crippen LogP contribution is 2.21. The first-order chi connectivity index (χ1) is 4.18. The highest BCUT2D eigenvalue weighted by molar-refractivity contribution is 9.11. The predicted molar refractivity (Wildman–Crippen MR) is 47.2 cm³/mol. The van der Waals surface area contributed by atoms with Crippen molar-refractivity contribution < 1.29 is 0 Å². The lowest BCUT2D eigenvalue weighted by molar-refractivity contribution is 1.52. The van der Waals surface area contributed by atoms with E-state index in [1.807, 2.05) is 6.07 Å². The molecule has 0 aliphatic carbocycles. The molecule has 0 saturated heterocycles. The predicted octanol–water partition coefficient (Wildman–Crippen LogP) is 3.57. The average molecular weight is 313 g/mol. The third-order valence-electron chi connectivity index (χ3n) is 0.712. The molecule has 1 aromatic rings. The minimum Gasteiger partial charge on any atom is -0.0501 e. The van der Waals surface area contributed by atoms with Gasteiger partial charge in [-0.25, -0.2) is 0 Å². The first-order valence-electron chi connectivity index (χ1n) is 2.14. The Balaban J connectivity index is 3.17. The van der Waals surface area contributed by atoms with Gasteiger partial charge in [-0.1, -0.05) is 31.9 Å². The highest BCUT2D eigenvalue weighted by atomic mass is 79.9. The van der Waals surface area contributed by atoms with Crippen LogP contribution in [-0.4, -0.2) is 0 Å². The minimum atomic E-state index is 0.823.